The third kappa shape index (κ3) is 10.7. The van der Waals surface area contributed by atoms with Crippen LogP contribution < -0.4 is 46.9 Å². The molecule has 0 saturated carbocycles. The van der Waals surface area contributed by atoms with E-state index in [-0.39, 0.29) is 18.8 Å². The van der Waals surface area contributed by atoms with E-state index in [1.54, 1.807) is 22.3 Å². The minimum absolute atomic E-state index is 0.0838. The number of allylic oxidation sites excluding steroid dienone is 8. The standard InChI is InChI=1S/C102H93BN4Si/c1-8-32-71(33-9-1)82-50-30-51-83(72-34-10-2-11-35-72)101(82)106-96-68-76(104-92-54-26-22-46-86(92)87-47-23-27-55-93(87)104)60-64-90(96)103-91-65-61-77(105-94-56-28-24-48-88(94)89-49-25-29-57-95(89)105)69-97(91)107(102-84(73-36-12-3-13-37-73)52-31-53-85(102)74-38-14-4-15-39-74)99-67-75(66-98(106)100(99)103)70-58-62-81(63-59-70)108(78-40-16-5-17-41-78,79-42-18-6-19-43-79)80-44-20-7-21-45-80/h1,3,5-8,12,16-29,34,38,40-50,52,54-69,71,73,83,85,101-102H,2,4,9-11,13-15,30-33,35-37,39,51,53H2. The van der Waals surface area contributed by atoms with Crippen LogP contribution in [0.5, 0.6) is 0 Å². The van der Waals surface area contributed by atoms with Crippen LogP contribution in [0.1, 0.15) is 116 Å². The maximum atomic E-state index is 3.07. The van der Waals surface area contributed by atoms with E-state index in [2.05, 4.69) is 328 Å². The van der Waals surface area contributed by atoms with Crippen LogP contribution in [0.3, 0.4) is 0 Å². The zero-order chi connectivity index (χ0) is 71.2. The van der Waals surface area contributed by atoms with Gasteiger partial charge < -0.3 is 18.9 Å². The Bertz CT molecular complexity index is 5370. The number of fused-ring (bicyclic) bond motifs is 10. The summed E-state index contributed by atoms with van der Waals surface area (Å²) in [5, 5.41) is 10.7. The Balaban J connectivity index is 0.888. The zero-order valence-electron chi connectivity index (χ0n) is 62.0. The van der Waals surface area contributed by atoms with Crippen molar-refractivity contribution in [2.45, 2.75) is 128 Å². The molecule has 21 rings (SSSR count). The Morgan fingerprint density at radius 3 is 1.10 bits per heavy atom. The molecule has 2 aromatic heterocycles. The fourth-order valence-corrected chi connectivity index (χ4v) is 26.9. The summed E-state index contributed by atoms with van der Waals surface area (Å²) in [6, 6.07) is 103. The predicted molar refractivity (Wildman–Crippen MR) is 461 cm³/mol. The first kappa shape index (κ1) is 65.6. The van der Waals surface area contributed by atoms with Crippen molar-refractivity contribution in [1.82, 2.24) is 9.13 Å². The van der Waals surface area contributed by atoms with Crippen LogP contribution in [0.25, 0.3) is 66.1 Å². The average Bonchev–Trinajstić information content (AvgIpc) is 0.767. The van der Waals surface area contributed by atoms with Crippen LogP contribution >= 0.6 is 0 Å². The molecule has 8 aliphatic rings. The van der Waals surface area contributed by atoms with Gasteiger partial charge in [0.05, 0.1) is 34.2 Å². The summed E-state index contributed by atoms with van der Waals surface area (Å²) in [5.41, 5.74) is 26.4. The van der Waals surface area contributed by atoms with Gasteiger partial charge in [-0.15, -0.1) is 0 Å². The Labute approximate surface area is 638 Å². The quantitative estimate of drug-likeness (QED) is 0.0650. The Hall–Kier alpha value is -10.7. The number of para-hydroxylation sites is 4. The lowest BCUT2D eigenvalue weighted by atomic mass is 9.33. The maximum Gasteiger partial charge on any atom is 0.252 e. The fourth-order valence-electron chi connectivity index (χ4n) is 22.2. The van der Waals surface area contributed by atoms with E-state index >= 15 is 0 Å². The molecule has 6 heteroatoms. The third-order valence-electron chi connectivity index (χ3n) is 26.9. The molecular formula is C102H93BN4Si. The van der Waals surface area contributed by atoms with Gasteiger partial charge in [0, 0.05) is 67.5 Å². The molecule has 6 aliphatic carbocycles. The van der Waals surface area contributed by atoms with Crippen LogP contribution in [-0.2, 0) is 0 Å². The topological polar surface area (TPSA) is 16.3 Å². The van der Waals surface area contributed by atoms with Crippen molar-refractivity contribution < 1.29 is 0 Å². The minimum Gasteiger partial charge on any atom is -0.334 e. The molecule has 4 heterocycles. The van der Waals surface area contributed by atoms with Gasteiger partial charge in [-0.1, -0.05) is 260 Å². The SMILES string of the molecule is C1=CCC(C2=CCCC(C3=CCCCC3)C2N2c3cc(-n4c5ccccc5c5ccccc54)ccc3B3c4ccc(-n5c6ccccc6c6ccccc65)cc4N(C4C(C5CC=CCC5)=CCCC4C4=CCCCC4)c4cc(-c5ccc([Si](c6ccccc6)(c6ccccc6)c6ccccc6)cc5)cc2c43)CC1. The summed E-state index contributed by atoms with van der Waals surface area (Å²) >= 11 is 0. The molecule has 108 heavy (non-hydrogen) atoms. The van der Waals surface area contributed by atoms with E-state index in [0.717, 1.165) is 64.2 Å². The summed E-state index contributed by atoms with van der Waals surface area (Å²) in [7, 11) is -2.89. The summed E-state index contributed by atoms with van der Waals surface area (Å²) < 4.78 is 5.20. The van der Waals surface area contributed by atoms with Crippen molar-refractivity contribution in [3.8, 4) is 22.5 Å². The van der Waals surface area contributed by atoms with Crippen LogP contribution in [0.15, 0.2) is 332 Å². The van der Waals surface area contributed by atoms with Gasteiger partial charge in [-0.25, -0.2) is 0 Å². The zero-order valence-corrected chi connectivity index (χ0v) is 63.0. The van der Waals surface area contributed by atoms with E-state index in [9.17, 15) is 0 Å². The Morgan fingerprint density at radius 2 is 0.713 bits per heavy atom. The van der Waals surface area contributed by atoms with Gasteiger partial charge in [-0.2, -0.15) is 0 Å². The average molecular weight is 1410 g/mol. The molecule has 0 amide bonds. The lowest BCUT2D eigenvalue weighted by Crippen LogP contribution is -2.74. The molecule has 4 nitrogen and oxygen atoms in total. The second-order valence-corrected chi connectivity index (χ2v) is 36.2. The molecule has 0 fully saturated rings. The molecule has 13 aromatic rings. The van der Waals surface area contributed by atoms with Crippen molar-refractivity contribution in [2.24, 2.45) is 23.7 Å². The normalized spacial score (nSPS) is 21.3. The Morgan fingerprint density at radius 1 is 0.315 bits per heavy atom. The van der Waals surface area contributed by atoms with Gasteiger partial charge in [0.2, 0.25) is 0 Å². The first-order valence-corrected chi connectivity index (χ1v) is 43.0. The Kier molecular flexibility index (Phi) is 16.7. The lowest BCUT2D eigenvalue weighted by molar-refractivity contribution is 0.391. The van der Waals surface area contributed by atoms with Crippen LogP contribution in [0, 0.1) is 23.7 Å². The molecular weight excluding hydrogens is 1320 g/mol. The van der Waals surface area contributed by atoms with Crippen molar-refractivity contribution in [2.75, 3.05) is 9.80 Å². The summed E-state index contributed by atoms with van der Waals surface area (Å²) in [6.45, 7) is -0.0838. The summed E-state index contributed by atoms with van der Waals surface area (Å²) in [6.07, 6.45) is 42.1. The second-order valence-electron chi connectivity index (χ2n) is 32.4. The molecule has 0 N–H and O–H groups in total. The monoisotopic (exact) mass is 1410 g/mol. The number of nitrogens with zero attached hydrogens (tertiary/aromatic N) is 4. The van der Waals surface area contributed by atoms with Crippen molar-refractivity contribution >= 4 is 118 Å². The highest BCUT2D eigenvalue weighted by Gasteiger charge is 2.51. The minimum atomic E-state index is -2.89. The van der Waals surface area contributed by atoms with Crippen molar-refractivity contribution in [3.63, 3.8) is 0 Å². The smallest absolute Gasteiger partial charge is 0.252 e. The van der Waals surface area contributed by atoms with E-state index in [1.807, 2.05) is 0 Å². The molecule has 2 aliphatic heterocycles. The molecule has 0 saturated heterocycles. The van der Waals surface area contributed by atoms with Crippen molar-refractivity contribution in [1.29, 1.82) is 0 Å². The maximum absolute atomic E-state index is 3.07. The lowest BCUT2D eigenvalue weighted by Gasteiger charge is -2.53. The van der Waals surface area contributed by atoms with E-state index in [4.69, 9.17) is 0 Å². The van der Waals surface area contributed by atoms with Crippen LogP contribution in [0.2, 0.25) is 0 Å². The van der Waals surface area contributed by atoms with Crippen LogP contribution in [-0.4, -0.2) is 36.0 Å². The van der Waals surface area contributed by atoms with Gasteiger partial charge in [-0.05, 0) is 247 Å². The second kappa shape index (κ2) is 27.5. The number of anilines is 4. The molecule has 528 valence electrons. The van der Waals surface area contributed by atoms with Crippen molar-refractivity contribution in [3.05, 3.63) is 332 Å². The fraction of sp³-hybridized carbons (Fsp3) is 0.235. The number of hydrogen-bond donors (Lipinski definition) is 0. The molecule has 6 unspecified atom stereocenters. The molecule has 0 radical (unpaired) electrons. The summed E-state index contributed by atoms with van der Waals surface area (Å²) in [4.78, 5) is 6.14. The highest BCUT2D eigenvalue weighted by Crippen LogP contribution is 2.54. The van der Waals surface area contributed by atoms with E-state index in [1.165, 1.54) is 177 Å². The first-order valence-electron chi connectivity index (χ1n) is 41.0. The van der Waals surface area contributed by atoms with Gasteiger partial charge >= 0.3 is 0 Å². The third-order valence-corrected chi connectivity index (χ3v) is 31.7. The number of benzene rings is 11. The van der Waals surface area contributed by atoms with Crippen LogP contribution in [0.4, 0.5) is 22.7 Å². The van der Waals surface area contributed by atoms with Gasteiger partial charge in [0.1, 0.15) is 0 Å². The highest BCUT2D eigenvalue weighted by atomic mass is 28.3. The largest absolute Gasteiger partial charge is 0.334 e. The summed E-state index contributed by atoms with van der Waals surface area (Å²) in [5.74, 6) is 1.59. The predicted octanol–water partition coefficient (Wildman–Crippen LogP) is 21.5. The first-order chi connectivity index (χ1) is 53.6. The van der Waals surface area contributed by atoms with Gasteiger partial charge in [0.25, 0.3) is 6.71 Å². The number of hydrogen-bond acceptors (Lipinski definition) is 2. The molecule has 0 spiro atoms. The van der Waals surface area contributed by atoms with Gasteiger partial charge in [0.15, 0.2) is 8.07 Å². The molecule has 11 aromatic carbocycles. The highest BCUT2D eigenvalue weighted by molar-refractivity contribution is 7.20. The van der Waals surface area contributed by atoms with Gasteiger partial charge in [-0.3, -0.25) is 0 Å². The van der Waals surface area contributed by atoms with E-state index in [0.29, 0.717) is 23.7 Å². The molecule has 0 bridgehead atoms. The van der Waals surface area contributed by atoms with E-state index < -0.39 is 8.07 Å². The molecule has 6 atom stereocenters. The number of rotatable bonds is 13. The number of aromatic nitrogens is 2.